The van der Waals surface area contributed by atoms with E-state index in [9.17, 15) is 4.79 Å². The third kappa shape index (κ3) is 4.85. The van der Waals surface area contributed by atoms with E-state index in [1.807, 2.05) is 0 Å². The fourth-order valence-corrected chi connectivity index (χ4v) is 2.90. The summed E-state index contributed by atoms with van der Waals surface area (Å²) >= 11 is 13.2. The van der Waals surface area contributed by atoms with Crippen molar-refractivity contribution in [1.29, 1.82) is 0 Å². The number of aromatic nitrogens is 3. The summed E-state index contributed by atoms with van der Waals surface area (Å²) in [7, 11) is 3.29. The van der Waals surface area contributed by atoms with Crippen molar-refractivity contribution in [3.8, 4) is 5.75 Å². The molecule has 0 atom stereocenters. The van der Waals surface area contributed by atoms with Gasteiger partial charge in [-0.25, -0.2) is 5.43 Å². The second kappa shape index (κ2) is 8.19. The summed E-state index contributed by atoms with van der Waals surface area (Å²) in [5.41, 5.74) is 2.98. The maximum absolute atomic E-state index is 11.7. The average Bonchev–Trinajstić information content (AvgIpc) is 2.90. The number of halogens is 2. The maximum atomic E-state index is 11.7. The van der Waals surface area contributed by atoms with Crippen LogP contribution in [0.1, 0.15) is 5.56 Å². The van der Waals surface area contributed by atoms with Crippen molar-refractivity contribution < 1.29 is 9.53 Å². The van der Waals surface area contributed by atoms with E-state index in [1.165, 1.54) is 25.1 Å². The van der Waals surface area contributed by atoms with Crippen molar-refractivity contribution in [2.45, 2.75) is 5.16 Å². The van der Waals surface area contributed by atoms with Crippen LogP contribution in [0, 0.1) is 0 Å². The molecule has 0 saturated heterocycles. The number of aryl methyl sites for hydroxylation is 1. The van der Waals surface area contributed by atoms with Gasteiger partial charge in [0.1, 0.15) is 12.1 Å². The van der Waals surface area contributed by atoms with Gasteiger partial charge in [-0.2, -0.15) is 5.10 Å². The van der Waals surface area contributed by atoms with Crippen LogP contribution in [0.4, 0.5) is 0 Å². The topological polar surface area (TPSA) is 81.4 Å². The van der Waals surface area contributed by atoms with Gasteiger partial charge in [-0.1, -0.05) is 35.0 Å². The molecule has 0 radical (unpaired) electrons. The summed E-state index contributed by atoms with van der Waals surface area (Å²) in [5.74, 6) is 0.320. The van der Waals surface area contributed by atoms with Gasteiger partial charge in [0.05, 0.1) is 24.1 Å². The molecule has 0 bridgehead atoms. The van der Waals surface area contributed by atoms with Gasteiger partial charge in [0, 0.05) is 17.6 Å². The van der Waals surface area contributed by atoms with Crippen LogP contribution in [0.25, 0.3) is 0 Å². The first kappa shape index (κ1) is 17.6. The number of hydrazone groups is 1. The lowest BCUT2D eigenvalue weighted by molar-refractivity contribution is -0.118. The highest BCUT2D eigenvalue weighted by Crippen LogP contribution is 2.31. The molecule has 1 heterocycles. The Morgan fingerprint density at radius 3 is 2.96 bits per heavy atom. The third-order valence-corrected chi connectivity index (χ3v) is 4.17. The molecule has 0 spiro atoms. The minimum absolute atomic E-state index is 0.164. The molecule has 0 saturated carbocycles. The largest absolute Gasteiger partial charge is 0.495 e. The number of methoxy groups -OCH3 is 1. The van der Waals surface area contributed by atoms with E-state index in [1.54, 1.807) is 30.1 Å². The molecule has 0 aliphatic rings. The first-order valence-electron chi connectivity index (χ1n) is 6.33. The van der Waals surface area contributed by atoms with Gasteiger partial charge in [-0.05, 0) is 12.1 Å². The van der Waals surface area contributed by atoms with Crippen molar-refractivity contribution in [2.24, 2.45) is 12.1 Å². The average molecular weight is 374 g/mol. The van der Waals surface area contributed by atoms with Gasteiger partial charge in [0.2, 0.25) is 0 Å². The first-order valence-corrected chi connectivity index (χ1v) is 8.07. The molecular formula is C13H13Cl2N5O2S. The van der Waals surface area contributed by atoms with Crippen LogP contribution in [-0.4, -0.2) is 39.7 Å². The summed E-state index contributed by atoms with van der Waals surface area (Å²) in [6.45, 7) is 0. The lowest BCUT2D eigenvalue weighted by atomic mass is 10.2. The van der Waals surface area contributed by atoms with Crippen LogP contribution in [0.5, 0.6) is 5.75 Å². The van der Waals surface area contributed by atoms with Crippen LogP contribution >= 0.6 is 35.0 Å². The fraction of sp³-hybridized carbons (Fsp3) is 0.231. The van der Waals surface area contributed by atoms with Crippen LogP contribution in [0.15, 0.2) is 28.7 Å². The summed E-state index contributed by atoms with van der Waals surface area (Å²) in [6, 6.07) is 3.20. The van der Waals surface area contributed by atoms with E-state index in [0.717, 1.165) is 0 Å². The number of amides is 1. The molecule has 0 aliphatic carbocycles. The Bertz CT molecular complexity index is 735. The quantitative estimate of drug-likeness (QED) is 0.477. The van der Waals surface area contributed by atoms with Crippen molar-refractivity contribution in [3.05, 3.63) is 34.1 Å². The molecular weight excluding hydrogens is 361 g/mol. The molecule has 23 heavy (non-hydrogen) atoms. The Balaban J connectivity index is 1.94. The molecule has 0 aliphatic heterocycles. The predicted molar refractivity (Wildman–Crippen MR) is 90.5 cm³/mol. The summed E-state index contributed by atoms with van der Waals surface area (Å²) < 4.78 is 6.90. The zero-order valence-electron chi connectivity index (χ0n) is 12.3. The van der Waals surface area contributed by atoms with E-state index in [-0.39, 0.29) is 11.7 Å². The van der Waals surface area contributed by atoms with Gasteiger partial charge < -0.3 is 9.30 Å². The summed E-state index contributed by atoms with van der Waals surface area (Å²) in [6.07, 6.45) is 2.98. The number of nitrogens with zero attached hydrogens (tertiary/aromatic N) is 4. The molecule has 122 valence electrons. The summed E-state index contributed by atoms with van der Waals surface area (Å²) in [4.78, 5) is 11.7. The molecule has 0 fully saturated rings. The second-order valence-corrected chi connectivity index (χ2v) is 6.10. The Morgan fingerprint density at radius 2 is 2.30 bits per heavy atom. The smallest absolute Gasteiger partial charge is 0.250 e. The van der Waals surface area contributed by atoms with Crippen molar-refractivity contribution in [3.63, 3.8) is 0 Å². The summed E-state index contributed by atoms with van der Waals surface area (Å²) in [5, 5.41) is 12.9. The van der Waals surface area contributed by atoms with E-state index >= 15 is 0 Å². The first-order chi connectivity index (χ1) is 11.0. The molecule has 0 unspecified atom stereocenters. The zero-order valence-corrected chi connectivity index (χ0v) is 14.6. The van der Waals surface area contributed by atoms with E-state index < -0.39 is 0 Å². The van der Waals surface area contributed by atoms with Crippen LogP contribution in [0.2, 0.25) is 10.0 Å². The van der Waals surface area contributed by atoms with Gasteiger partial charge in [0.25, 0.3) is 5.91 Å². The van der Waals surface area contributed by atoms with Crippen molar-refractivity contribution in [1.82, 2.24) is 20.2 Å². The van der Waals surface area contributed by atoms with Crippen molar-refractivity contribution in [2.75, 3.05) is 12.9 Å². The van der Waals surface area contributed by atoms with Crippen molar-refractivity contribution >= 4 is 47.1 Å². The second-order valence-electron chi connectivity index (χ2n) is 4.32. The molecule has 7 nitrogen and oxygen atoms in total. The highest BCUT2D eigenvalue weighted by atomic mass is 35.5. The third-order valence-electron chi connectivity index (χ3n) is 2.64. The Hall–Kier alpha value is -1.77. The van der Waals surface area contributed by atoms with Gasteiger partial charge in [0.15, 0.2) is 5.16 Å². The molecule has 1 N–H and O–H groups in total. The number of hydrogen-bond acceptors (Lipinski definition) is 6. The van der Waals surface area contributed by atoms with E-state index in [2.05, 4.69) is 20.7 Å². The molecule has 2 aromatic rings. The highest BCUT2D eigenvalue weighted by Gasteiger charge is 2.09. The van der Waals surface area contributed by atoms with Crippen LogP contribution in [0.3, 0.4) is 0 Å². The molecule has 1 amide bonds. The Kier molecular flexibility index (Phi) is 6.26. The number of thioether (sulfide) groups is 1. The zero-order chi connectivity index (χ0) is 16.8. The Morgan fingerprint density at radius 1 is 1.52 bits per heavy atom. The maximum Gasteiger partial charge on any atom is 0.250 e. The Labute approximate surface area is 147 Å². The number of nitrogens with one attached hydrogen (secondary N) is 1. The molecule has 1 aromatic heterocycles. The molecule has 1 aromatic carbocycles. The van der Waals surface area contributed by atoms with Gasteiger partial charge in [-0.3, -0.25) is 4.79 Å². The van der Waals surface area contributed by atoms with Crippen LogP contribution < -0.4 is 10.2 Å². The number of carbonyl (C=O) groups is 1. The minimum Gasteiger partial charge on any atom is -0.495 e. The molecule has 2 rings (SSSR count). The van der Waals surface area contributed by atoms with Gasteiger partial charge >= 0.3 is 0 Å². The minimum atomic E-state index is -0.277. The van der Waals surface area contributed by atoms with E-state index in [4.69, 9.17) is 27.9 Å². The lowest BCUT2D eigenvalue weighted by Gasteiger charge is -2.07. The van der Waals surface area contributed by atoms with E-state index in [0.29, 0.717) is 26.5 Å². The number of hydrogen-bond donors (Lipinski definition) is 1. The number of rotatable bonds is 6. The molecule has 10 heteroatoms. The fourth-order valence-electron chi connectivity index (χ4n) is 1.63. The SMILES string of the molecule is COc1c(Cl)cc(Cl)cc1/C=N/NC(=O)CSc1nncn1C. The highest BCUT2D eigenvalue weighted by molar-refractivity contribution is 7.99. The predicted octanol–water partition coefficient (Wildman–Crippen LogP) is 2.37. The lowest BCUT2D eigenvalue weighted by Crippen LogP contribution is -2.20. The monoisotopic (exact) mass is 373 g/mol. The van der Waals surface area contributed by atoms with Crippen LogP contribution in [-0.2, 0) is 11.8 Å². The number of ether oxygens (including phenoxy) is 1. The number of carbonyl (C=O) groups excluding carboxylic acids is 1. The van der Waals surface area contributed by atoms with Gasteiger partial charge in [-0.15, -0.1) is 10.2 Å². The normalized spacial score (nSPS) is 11.0. The standard InChI is InChI=1S/C13H13Cl2N5O2S/c1-20-7-17-19-13(20)23-6-11(21)18-16-5-8-3-9(14)4-10(15)12(8)22-2/h3-5,7H,6H2,1-2H3,(H,18,21)/b16-5+. The number of benzene rings is 1.